The Kier molecular flexibility index (Phi) is 57.5. The number of esters is 3. The Morgan fingerprint density at radius 1 is 0.280 bits per heavy atom. The van der Waals surface area contributed by atoms with Gasteiger partial charge in [0.25, 0.3) is 0 Å². The monoisotopic (exact) mass is 1030 g/mol. The highest BCUT2D eigenvalue weighted by molar-refractivity contribution is 5.71. The van der Waals surface area contributed by atoms with Crippen LogP contribution in [0, 0.1) is 0 Å². The van der Waals surface area contributed by atoms with Gasteiger partial charge in [0.05, 0.1) is 0 Å². The Hall–Kier alpha value is -4.97. The van der Waals surface area contributed by atoms with Gasteiger partial charge in [-0.2, -0.15) is 0 Å². The Bertz CT molecular complexity index is 1710. The lowest BCUT2D eigenvalue weighted by atomic mass is 10.1. The molecule has 0 spiro atoms. The van der Waals surface area contributed by atoms with Gasteiger partial charge < -0.3 is 14.2 Å². The number of hydrogen-bond acceptors (Lipinski definition) is 6. The van der Waals surface area contributed by atoms with Crippen molar-refractivity contribution in [2.24, 2.45) is 0 Å². The van der Waals surface area contributed by atoms with Crippen molar-refractivity contribution in [3.8, 4) is 0 Å². The molecule has 0 amide bonds. The summed E-state index contributed by atoms with van der Waals surface area (Å²) in [5.74, 6) is -0.966. The maximum absolute atomic E-state index is 12.9. The van der Waals surface area contributed by atoms with E-state index >= 15 is 0 Å². The van der Waals surface area contributed by atoms with Crippen LogP contribution in [0.15, 0.2) is 158 Å². The normalized spacial score (nSPS) is 13.3. The smallest absolute Gasteiger partial charge is 0.306 e. The molecule has 1 atom stereocenters. The average Bonchev–Trinajstić information content (AvgIpc) is 3.41. The highest BCUT2D eigenvalue weighted by Crippen LogP contribution is 2.15. The maximum atomic E-state index is 12.9. The number of ether oxygens (including phenoxy) is 3. The highest BCUT2D eigenvalue weighted by atomic mass is 16.6. The zero-order valence-electron chi connectivity index (χ0n) is 48.0. The van der Waals surface area contributed by atoms with Crippen LogP contribution in [-0.2, 0) is 28.6 Å². The minimum atomic E-state index is -0.812. The third-order valence-corrected chi connectivity index (χ3v) is 12.2. The fourth-order valence-corrected chi connectivity index (χ4v) is 7.81. The van der Waals surface area contributed by atoms with Crippen LogP contribution in [0.3, 0.4) is 0 Å². The summed E-state index contributed by atoms with van der Waals surface area (Å²) in [6.45, 7) is 6.22. The molecule has 6 heteroatoms. The van der Waals surface area contributed by atoms with Gasteiger partial charge in [0.2, 0.25) is 0 Å². The van der Waals surface area contributed by atoms with Crippen LogP contribution in [0.4, 0.5) is 0 Å². The fraction of sp³-hybridized carbons (Fsp3) is 0.580. The molecule has 0 rings (SSSR count). The molecule has 420 valence electrons. The predicted molar refractivity (Wildman–Crippen MR) is 325 cm³/mol. The van der Waals surface area contributed by atoms with E-state index in [0.29, 0.717) is 19.3 Å². The summed E-state index contributed by atoms with van der Waals surface area (Å²) >= 11 is 0. The molecule has 0 aliphatic heterocycles. The van der Waals surface area contributed by atoms with E-state index in [4.69, 9.17) is 14.2 Å². The molecule has 0 aromatic carbocycles. The van der Waals surface area contributed by atoms with E-state index in [1.165, 1.54) is 77.0 Å². The summed E-state index contributed by atoms with van der Waals surface area (Å²) in [7, 11) is 0. The second-order valence-corrected chi connectivity index (χ2v) is 19.3. The van der Waals surface area contributed by atoms with E-state index in [-0.39, 0.29) is 31.1 Å². The number of carbonyl (C=O) groups is 3. The van der Waals surface area contributed by atoms with Gasteiger partial charge in [-0.3, -0.25) is 14.4 Å². The molecule has 0 fully saturated rings. The van der Waals surface area contributed by atoms with Gasteiger partial charge in [-0.15, -0.1) is 0 Å². The molecule has 0 aromatic heterocycles. The van der Waals surface area contributed by atoms with E-state index in [9.17, 15) is 14.4 Å². The summed E-state index contributed by atoms with van der Waals surface area (Å²) in [4.78, 5) is 38.3. The lowest BCUT2D eigenvalue weighted by Gasteiger charge is -2.18. The van der Waals surface area contributed by atoms with Crippen LogP contribution in [-0.4, -0.2) is 37.2 Å². The van der Waals surface area contributed by atoms with Crippen LogP contribution < -0.4 is 0 Å². The van der Waals surface area contributed by atoms with Crippen molar-refractivity contribution >= 4 is 17.9 Å². The quantitative estimate of drug-likeness (QED) is 0.0199. The van der Waals surface area contributed by atoms with Gasteiger partial charge in [0, 0.05) is 19.3 Å². The molecule has 6 nitrogen and oxygen atoms in total. The van der Waals surface area contributed by atoms with Gasteiger partial charge in [-0.05, 0) is 103 Å². The van der Waals surface area contributed by atoms with Crippen molar-refractivity contribution in [2.75, 3.05) is 13.2 Å². The molecule has 0 radical (unpaired) electrons. The van der Waals surface area contributed by atoms with E-state index in [0.717, 1.165) is 122 Å². The summed E-state index contributed by atoms with van der Waals surface area (Å²) in [6.07, 6.45) is 89.4. The molecule has 0 aliphatic carbocycles. The first-order valence-electron chi connectivity index (χ1n) is 30.1. The highest BCUT2D eigenvalue weighted by Gasteiger charge is 2.19. The number of rotatable bonds is 52. The Balaban J connectivity index is 4.53. The van der Waals surface area contributed by atoms with E-state index in [1.54, 1.807) is 0 Å². The first-order valence-corrected chi connectivity index (χ1v) is 30.1. The van der Waals surface area contributed by atoms with Crippen molar-refractivity contribution in [3.05, 3.63) is 158 Å². The number of carbonyl (C=O) groups excluding carboxylic acids is 3. The second kappa shape index (κ2) is 61.6. The number of hydrogen-bond donors (Lipinski definition) is 0. The van der Waals surface area contributed by atoms with Crippen LogP contribution in [0.1, 0.15) is 239 Å². The standard InChI is InChI=1S/C69H108O6/c1-4-7-10-13-16-19-22-25-28-31-34-37-40-43-46-49-52-55-58-61-67(70)73-64-66(75-69(72)63-60-57-54-51-48-45-42-39-36-33-30-27-24-21-18-15-12-9-6-3)65-74-68(71)62-59-56-53-50-47-44-41-38-35-32-29-26-23-20-17-14-11-8-5-2/h7-13,16-22,25-31,34,37,40,43,46,66H,4-6,14-15,23-24,32-33,35-36,38-39,41-42,44-45,47-65H2,1-3H3/b10-7-,11-8-,12-9-,16-13-,20-17-,21-18-,22-19-,28-25-,29-26-,30-27-,34-31+,40-37-,46-43-. The molecule has 0 saturated heterocycles. The maximum Gasteiger partial charge on any atom is 0.306 e. The van der Waals surface area contributed by atoms with Crippen LogP contribution >= 0.6 is 0 Å². The van der Waals surface area contributed by atoms with E-state index in [2.05, 4.69) is 106 Å². The van der Waals surface area contributed by atoms with Gasteiger partial charge in [0.1, 0.15) is 13.2 Å². The summed E-state index contributed by atoms with van der Waals surface area (Å²) in [6, 6.07) is 0. The molecule has 0 heterocycles. The van der Waals surface area contributed by atoms with Gasteiger partial charge >= 0.3 is 17.9 Å². The predicted octanol–water partition coefficient (Wildman–Crippen LogP) is 20.5. The lowest BCUT2D eigenvalue weighted by molar-refractivity contribution is -0.167. The number of unbranched alkanes of at least 4 members (excludes halogenated alkanes) is 21. The zero-order valence-corrected chi connectivity index (χ0v) is 48.0. The van der Waals surface area contributed by atoms with Gasteiger partial charge in [-0.25, -0.2) is 0 Å². The molecule has 0 aliphatic rings. The molecule has 0 bridgehead atoms. The average molecular weight is 1030 g/mol. The van der Waals surface area contributed by atoms with Crippen LogP contribution in [0.25, 0.3) is 0 Å². The van der Waals surface area contributed by atoms with Crippen molar-refractivity contribution in [1.82, 2.24) is 0 Å². The van der Waals surface area contributed by atoms with E-state index in [1.807, 2.05) is 72.9 Å². The molecule has 1 unspecified atom stereocenters. The van der Waals surface area contributed by atoms with Crippen molar-refractivity contribution < 1.29 is 28.6 Å². The topological polar surface area (TPSA) is 78.9 Å². The summed E-state index contributed by atoms with van der Waals surface area (Å²) in [5.41, 5.74) is 0. The SMILES string of the molecule is CC\C=C/C=C\C=C/C=C\C=C\C=C/C=C\CCCCCC(=O)OCC(COC(=O)CCCCCCCCCCC/C=C\C/C=C\C/C=C\CC)OC(=O)CCCCCCCCCCC/C=C\C/C=C\C/C=C\CC. The largest absolute Gasteiger partial charge is 0.462 e. The first kappa shape index (κ1) is 70.0. The van der Waals surface area contributed by atoms with Crippen molar-refractivity contribution in [3.63, 3.8) is 0 Å². The Morgan fingerprint density at radius 3 is 0.920 bits per heavy atom. The third kappa shape index (κ3) is 59.8. The van der Waals surface area contributed by atoms with Crippen LogP contribution in [0.2, 0.25) is 0 Å². The third-order valence-electron chi connectivity index (χ3n) is 12.2. The molecular formula is C69H108O6. The fourth-order valence-electron chi connectivity index (χ4n) is 7.81. The minimum absolute atomic E-state index is 0.105. The van der Waals surface area contributed by atoms with Crippen molar-refractivity contribution in [1.29, 1.82) is 0 Å². The zero-order chi connectivity index (χ0) is 54.3. The molecular weight excluding hydrogens is 925 g/mol. The van der Waals surface area contributed by atoms with Crippen LogP contribution in [0.5, 0.6) is 0 Å². The Labute approximate surface area is 460 Å². The first-order chi connectivity index (χ1) is 37.0. The summed E-state index contributed by atoms with van der Waals surface area (Å²) < 4.78 is 16.9. The van der Waals surface area contributed by atoms with Gasteiger partial charge in [0.15, 0.2) is 6.10 Å². The molecule has 0 N–H and O–H groups in total. The lowest BCUT2D eigenvalue weighted by Crippen LogP contribution is -2.30. The summed E-state index contributed by atoms with van der Waals surface area (Å²) in [5, 5.41) is 0. The van der Waals surface area contributed by atoms with Crippen molar-refractivity contribution in [2.45, 2.75) is 245 Å². The second-order valence-electron chi connectivity index (χ2n) is 19.3. The van der Waals surface area contributed by atoms with E-state index < -0.39 is 6.10 Å². The number of allylic oxidation sites excluding steroid dienone is 26. The minimum Gasteiger partial charge on any atom is -0.462 e. The molecule has 0 aromatic rings. The van der Waals surface area contributed by atoms with Gasteiger partial charge in [-0.1, -0.05) is 275 Å². The Morgan fingerprint density at radius 2 is 0.547 bits per heavy atom. The molecule has 0 saturated carbocycles. The molecule has 75 heavy (non-hydrogen) atoms.